The van der Waals surface area contributed by atoms with Crippen LogP contribution in [0.2, 0.25) is 0 Å². The van der Waals surface area contributed by atoms with Crippen LogP contribution in [0.5, 0.6) is 0 Å². The number of hydrogen-bond donors (Lipinski definition) is 1. The van der Waals surface area contributed by atoms with E-state index in [9.17, 15) is 4.79 Å². The van der Waals surface area contributed by atoms with E-state index in [1.54, 1.807) is 6.20 Å². The smallest absolute Gasteiger partial charge is 0.263 e. The number of carbonyl (C=O) groups is 1. The van der Waals surface area contributed by atoms with Crippen molar-refractivity contribution in [2.75, 3.05) is 26.2 Å². The molecular weight excluding hydrogens is 258 g/mol. The van der Waals surface area contributed by atoms with Crippen LogP contribution in [0.1, 0.15) is 41.4 Å². The summed E-state index contributed by atoms with van der Waals surface area (Å²) in [6.45, 7) is 8.37. The lowest BCUT2D eigenvalue weighted by molar-refractivity contribution is 0.0947. The molecule has 106 valence electrons. The van der Waals surface area contributed by atoms with Crippen molar-refractivity contribution >= 4 is 17.2 Å². The number of aryl methyl sites for hydroxylation is 1. The van der Waals surface area contributed by atoms with Gasteiger partial charge in [-0.2, -0.15) is 0 Å². The van der Waals surface area contributed by atoms with Crippen LogP contribution in [-0.4, -0.2) is 42.0 Å². The van der Waals surface area contributed by atoms with Gasteiger partial charge in [-0.3, -0.25) is 4.79 Å². The van der Waals surface area contributed by atoms with E-state index in [0.29, 0.717) is 0 Å². The SMILES string of the molecule is CCc1ncc(C(=O)NCCN2CCC[C@@H](C)C2)s1. The van der Waals surface area contributed by atoms with Gasteiger partial charge in [0.2, 0.25) is 0 Å². The maximum atomic E-state index is 11.9. The maximum Gasteiger partial charge on any atom is 0.263 e. The van der Waals surface area contributed by atoms with Crippen molar-refractivity contribution in [2.45, 2.75) is 33.1 Å². The number of piperidine rings is 1. The van der Waals surface area contributed by atoms with Crippen molar-refractivity contribution in [3.8, 4) is 0 Å². The molecule has 0 bridgehead atoms. The standard InChI is InChI=1S/C14H23N3OS/c1-3-13-16-9-12(19-13)14(18)15-6-8-17-7-4-5-11(2)10-17/h9,11H,3-8,10H2,1-2H3,(H,15,18)/t11-/m1/s1. The van der Waals surface area contributed by atoms with Gasteiger partial charge in [0.15, 0.2) is 0 Å². The van der Waals surface area contributed by atoms with Gasteiger partial charge < -0.3 is 10.2 Å². The lowest BCUT2D eigenvalue weighted by Gasteiger charge is -2.30. The quantitative estimate of drug-likeness (QED) is 0.899. The van der Waals surface area contributed by atoms with Gasteiger partial charge in [-0.25, -0.2) is 4.98 Å². The predicted molar refractivity (Wildman–Crippen MR) is 78.7 cm³/mol. The fourth-order valence-corrected chi connectivity index (χ4v) is 3.26. The molecule has 0 aliphatic carbocycles. The first-order chi connectivity index (χ1) is 9.19. The molecule has 1 atom stereocenters. The zero-order valence-electron chi connectivity index (χ0n) is 11.8. The first-order valence-electron chi connectivity index (χ1n) is 7.14. The number of thiazole rings is 1. The monoisotopic (exact) mass is 281 g/mol. The molecule has 0 spiro atoms. The van der Waals surface area contributed by atoms with Crippen LogP contribution < -0.4 is 5.32 Å². The Bertz CT molecular complexity index is 419. The highest BCUT2D eigenvalue weighted by molar-refractivity contribution is 7.13. The largest absolute Gasteiger partial charge is 0.350 e. The summed E-state index contributed by atoms with van der Waals surface area (Å²) >= 11 is 1.49. The molecule has 0 aromatic carbocycles. The number of carbonyl (C=O) groups excluding carboxylic acids is 1. The Hall–Kier alpha value is -0.940. The summed E-state index contributed by atoms with van der Waals surface area (Å²) in [6, 6.07) is 0. The average Bonchev–Trinajstić information content (AvgIpc) is 2.87. The summed E-state index contributed by atoms with van der Waals surface area (Å²) in [6.07, 6.45) is 5.19. The summed E-state index contributed by atoms with van der Waals surface area (Å²) in [4.78, 5) is 19.3. The molecule has 4 nitrogen and oxygen atoms in total. The average molecular weight is 281 g/mol. The third kappa shape index (κ3) is 4.28. The number of aromatic nitrogens is 1. The lowest BCUT2D eigenvalue weighted by Crippen LogP contribution is -2.40. The molecule has 1 amide bonds. The molecule has 5 heteroatoms. The molecule has 1 aliphatic heterocycles. The Morgan fingerprint density at radius 3 is 3.16 bits per heavy atom. The van der Waals surface area contributed by atoms with Crippen molar-refractivity contribution in [1.82, 2.24) is 15.2 Å². The molecular formula is C14H23N3OS. The second-order valence-corrected chi connectivity index (χ2v) is 6.39. The number of nitrogens with zero attached hydrogens (tertiary/aromatic N) is 2. The van der Waals surface area contributed by atoms with Gasteiger partial charge in [-0.15, -0.1) is 11.3 Å². The minimum atomic E-state index is 0.0160. The predicted octanol–water partition coefficient (Wildman–Crippen LogP) is 2.17. The van der Waals surface area contributed by atoms with E-state index in [1.165, 1.54) is 30.7 Å². The first-order valence-corrected chi connectivity index (χ1v) is 7.96. The van der Waals surface area contributed by atoms with E-state index in [4.69, 9.17) is 0 Å². The van der Waals surface area contributed by atoms with Crippen molar-refractivity contribution in [1.29, 1.82) is 0 Å². The van der Waals surface area contributed by atoms with E-state index in [0.717, 1.165) is 41.9 Å². The molecule has 1 aromatic heterocycles. The van der Waals surface area contributed by atoms with Crippen LogP contribution in [0.15, 0.2) is 6.20 Å². The molecule has 0 unspecified atom stereocenters. The van der Waals surface area contributed by atoms with Crippen LogP contribution in [0, 0.1) is 5.92 Å². The van der Waals surface area contributed by atoms with Gasteiger partial charge in [0.25, 0.3) is 5.91 Å². The fraction of sp³-hybridized carbons (Fsp3) is 0.714. The summed E-state index contributed by atoms with van der Waals surface area (Å²) in [5.41, 5.74) is 0. The van der Waals surface area contributed by atoms with Gasteiger partial charge in [-0.05, 0) is 31.7 Å². The molecule has 19 heavy (non-hydrogen) atoms. The third-order valence-corrected chi connectivity index (χ3v) is 4.67. The van der Waals surface area contributed by atoms with Crippen molar-refractivity contribution in [2.24, 2.45) is 5.92 Å². The van der Waals surface area contributed by atoms with Crippen LogP contribution in [-0.2, 0) is 6.42 Å². The molecule has 1 aliphatic rings. The van der Waals surface area contributed by atoms with Crippen LogP contribution in [0.3, 0.4) is 0 Å². The Balaban J connectivity index is 1.71. The van der Waals surface area contributed by atoms with Crippen molar-refractivity contribution in [3.05, 3.63) is 16.1 Å². The zero-order valence-corrected chi connectivity index (χ0v) is 12.6. The minimum absolute atomic E-state index is 0.0160. The highest BCUT2D eigenvalue weighted by Gasteiger charge is 2.16. The zero-order chi connectivity index (χ0) is 13.7. The van der Waals surface area contributed by atoms with Gasteiger partial charge in [0.05, 0.1) is 11.2 Å². The van der Waals surface area contributed by atoms with Crippen LogP contribution in [0.25, 0.3) is 0 Å². The lowest BCUT2D eigenvalue weighted by atomic mass is 10.0. The van der Waals surface area contributed by atoms with E-state index in [1.807, 2.05) is 0 Å². The Morgan fingerprint density at radius 1 is 1.63 bits per heavy atom. The topological polar surface area (TPSA) is 45.2 Å². The van der Waals surface area contributed by atoms with Crippen molar-refractivity contribution in [3.63, 3.8) is 0 Å². The van der Waals surface area contributed by atoms with E-state index in [-0.39, 0.29) is 5.91 Å². The highest BCUT2D eigenvalue weighted by atomic mass is 32.1. The molecule has 1 aromatic rings. The third-order valence-electron chi connectivity index (χ3n) is 3.53. The number of nitrogens with one attached hydrogen (secondary N) is 1. The van der Waals surface area contributed by atoms with E-state index < -0.39 is 0 Å². The molecule has 1 fully saturated rings. The van der Waals surface area contributed by atoms with Gasteiger partial charge in [-0.1, -0.05) is 13.8 Å². The molecule has 2 rings (SSSR count). The molecule has 1 N–H and O–H groups in total. The second kappa shape index (κ2) is 7.01. The number of rotatable bonds is 5. The highest BCUT2D eigenvalue weighted by Crippen LogP contribution is 2.15. The Kier molecular flexibility index (Phi) is 5.34. The summed E-state index contributed by atoms with van der Waals surface area (Å²) in [5.74, 6) is 0.806. The summed E-state index contributed by atoms with van der Waals surface area (Å²) in [7, 11) is 0. The van der Waals surface area contributed by atoms with E-state index in [2.05, 4.69) is 29.0 Å². The minimum Gasteiger partial charge on any atom is -0.350 e. The van der Waals surface area contributed by atoms with Gasteiger partial charge in [0.1, 0.15) is 4.88 Å². The molecule has 0 radical (unpaired) electrons. The van der Waals surface area contributed by atoms with Gasteiger partial charge in [0, 0.05) is 19.6 Å². The number of amides is 1. The van der Waals surface area contributed by atoms with Crippen molar-refractivity contribution < 1.29 is 4.79 Å². The first kappa shape index (κ1) is 14.5. The Morgan fingerprint density at radius 2 is 2.47 bits per heavy atom. The maximum absolute atomic E-state index is 11.9. The van der Waals surface area contributed by atoms with E-state index >= 15 is 0 Å². The molecule has 2 heterocycles. The Labute approximate surface area is 119 Å². The second-order valence-electron chi connectivity index (χ2n) is 5.28. The fourth-order valence-electron chi connectivity index (χ4n) is 2.48. The van der Waals surface area contributed by atoms with Crippen LogP contribution >= 0.6 is 11.3 Å². The number of likely N-dealkylation sites (tertiary alicyclic amines) is 1. The molecule has 1 saturated heterocycles. The van der Waals surface area contributed by atoms with Gasteiger partial charge >= 0.3 is 0 Å². The normalized spacial score (nSPS) is 20.4. The summed E-state index contributed by atoms with van der Waals surface area (Å²) in [5, 5.41) is 4.01. The van der Waals surface area contributed by atoms with Crippen LogP contribution in [0.4, 0.5) is 0 Å². The summed E-state index contributed by atoms with van der Waals surface area (Å²) < 4.78 is 0. The number of hydrogen-bond acceptors (Lipinski definition) is 4. The molecule has 0 saturated carbocycles.